The van der Waals surface area contributed by atoms with Crippen LogP contribution in [0.25, 0.3) is 0 Å². The standard InChI is InChI=1S/C12H15NO2/c1-7-2-3-9-8(4-7)11-5-10(13-9)12(6-14)15-11/h2-4,10-14H,5-6H2,1H3/t10-,11-,12+/m1/s1. The highest BCUT2D eigenvalue weighted by atomic mass is 16.5. The zero-order valence-electron chi connectivity index (χ0n) is 8.73. The number of fused-ring (bicyclic) bond motifs is 4. The Balaban J connectivity index is 2.00. The molecular formula is C12H15NO2. The first kappa shape index (κ1) is 9.19. The summed E-state index contributed by atoms with van der Waals surface area (Å²) in [6.45, 7) is 2.19. The number of hydrogen-bond acceptors (Lipinski definition) is 3. The number of nitrogens with one attached hydrogen (secondary N) is 1. The topological polar surface area (TPSA) is 41.5 Å². The summed E-state index contributed by atoms with van der Waals surface area (Å²) in [4.78, 5) is 0. The van der Waals surface area contributed by atoms with Crippen molar-refractivity contribution in [2.24, 2.45) is 0 Å². The molecule has 2 aliphatic rings. The van der Waals surface area contributed by atoms with Crippen LogP contribution < -0.4 is 5.32 Å². The predicted molar refractivity (Wildman–Crippen MR) is 57.9 cm³/mol. The summed E-state index contributed by atoms with van der Waals surface area (Å²) in [5, 5.41) is 12.6. The van der Waals surface area contributed by atoms with E-state index in [2.05, 4.69) is 30.4 Å². The first-order valence-corrected chi connectivity index (χ1v) is 5.41. The summed E-state index contributed by atoms with van der Waals surface area (Å²) in [5.74, 6) is 0. The Kier molecular flexibility index (Phi) is 1.97. The molecule has 0 spiro atoms. The van der Waals surface area contributed by atoms with Crippen molar-refractivity contribution in [1.82, 2.24) is 0 Å². The number of hydrogen-bond donors (Lipinski definition) is 2. The highest BCUT2D eigenvalue weighted by Crippen LogP contribution is 2.42. The van der Waals surface area contributed by atoms with E-state index in [-0.39, 0.29) is 24.9 Å². The van der Waals surface area contributed by atoms with E-state index < -0.39 is 0 Å². The SMILES string of the molecule is Cc1ccc2c(c1)[C@H]1C[C@@H](N2)[C@H](CO)O1. The molecule has 0 unspecified atom stereocenters. The van der Waals surface area contributed by atoms with Crippen LogP contribution in [0.1, 0.15) is 23.7 Å². The van der Waals surface area contributed by atoms with E-state index in [1.807, 2.05) is 0 Å². The van der Waals surface area contributed by atoms with Gasteiger partial charge in [0.2, 0.25) is 0 Å². The average molecular weight is 205 g/mol. The van der Waals surface area contributed by atoms with E-state index in [4.69, 9.17) is 4.74 Å². The molecule has 3 heteroatoms. The van der Waals surface area contributed by atoms with Crippen LogP contribution in [-0.4, -0.2) is 23.9 Å². The summed E-state index contributed by atoms with van der Waals surface area (Å²) in [6.07, 6.45) is 1.09. The van der Waals surface area contributed by atoms with E-state index >= 15 is 0 Å². The summed E-state index contributed by atoms with van der Waals surface area (Å²) >= 11 is 0. The lowest BCUT2D eigenvalue weighted by atomic mass is 9.95. The van der Waals surface area contributed by atoms with Crippen molar-refractivity contribution in [2.75, 3.05) is 11.9 Å². The molecule has 3 rings (SSSR count). The van der Waals surface area contributed by atoms with Crippen LogP contribution in [0.4, 0.5) is 5.69 Å². The second kappa shape index (κ2) is 3.22. The minimum atomic E-state index is -0.0530. The van der Waals surface area contributed by atoms with Gasteiger partial charge in [-0.15, -0.1) is 0 Å². The molecule has 3 nitrogen and oxygen atoms in total. The van der Waals surface area contributed by atoms with Gasteiger partial charge >= 0.3 is 0 Å². The van der Waals surface area contributed by atoms with Crippen molar-refractivity contribution >= 4 is 5.69 Å². The van der Waals surface area contributed by atoms with Crippen molar-refractivity contribution < 1.29 is 9.84 Å². The molecule has 1 aromatic carbocycles. The molecule has 3 atom stereocenters. The Morgan fingerprint density at radius 1 is 1.53 bits per heavy atom. The second-order valence-electron chi connectivity index (χ2n) is 4.42. The lowest BCUT2D eigenvalue weighted by Gasteiger charge is -2.24. The van der Waals surface area contributed by atoms with Gasteiger partial charge in [0, 0.05) is 17.7 Å². The Hall–Kier alpha value is -1.06. The fourth-order valence-corrected chi connectivity index (χ4v) is 2.55. The largest absolute Gasteiger partial charge is 0.394 e. The van der Waals surface area contributed by atoms with Crippen LogP contribution in [0, 0.1) is 6.92 Å². The molecular weight excluding hydrogens is 190 g/mol. The molecule has 80 valence electrons. The van der Waals surface area contributed by atoms with Crippen LogP contribution in [0.3, 0.4) is 0 Å². The third-order valence-electron chi connectivity index (χ3n) is 3.33. The Morgan fingerprint density at radius 3 is 3.20 bits per heavy atom. The van der Waals surface area contributed by atoms with E-state index in [1.54, 1.807) is 0 Å². The normalized spacial score (nSPS) is 32.3. The van der Waals surface area contributed by atoms with Crippen molar-refractivity contribution in [3.05, 3.63) is 29.3 Å². The summed E-state index contributed by atoms with van der Waals surface area (Å²) in [5.41, 5.74) is 3.66. The van der Waals surface area contributed by atoms with Crippen LogP contribution in [0.2, 0.25) is 0 Å². The van der Waals surface area contributed by atoms with Gasteiger partial charge < -0.3 is 15.2 Å². The van der Waals surface area contributed by atoms with Gasteiger partial charge in [-0.1, -0.05) is 17.7 Å². The fourth-order valence-electron chi connectivity index (χ4n) is 2.55. The van der Waals surface area contributed by atoms with Gasteiger partial charge in [0.15, 0.2) is 0 Å². The van der Waals surface area contributed by atoms with Gasteiger partial charge in [0.05, 0.1) is 18.8 Å². The molecule has 2 N–H and O–H groups in total. The average Bonchev–Trinajstić information content (AvgIpc) is 2.58. The number of benzene rings is 1. The van der Waals surface area contributed by atoms with Crippen molar-refractivity contribution in [2.45, 2.75) is 31.6 Å². The van der Waals surface area contributed by atoms with E-state index in [0.717, 1.165) is 12.1 Å². The van der Waals surface area contributed by atoms with Crippen LogP contribution in [0.15, 0.2) is 18.2 Å². The third-order valence-corrected chi connectivity index (χ3v) is 3.33. The highest BCUT2D eigenvalue weighted by Gasteiger charge is 2.40. The Bertz CT molecular complexity index is 391. The molecule has 0 amide bonds. The molecule has 0 aliphatic carbocycles. The minimum absolute atomic E-state index is 0.0530. The van der Waals surface area contributed by atoms with E-state index in [9.17, 15) is 5.11 Å². The van der Waals surface area contributed by atoms with Crippen molar-refractivity contribution in [1.29, 1.82) is 0 Å². The number of rotatable bonds is 1. The number of ether oxygens (including phenoxy) is 1. The summed E-state index contributed by atoms with van der Waals surface area (Å²) < 4.78 is 5.80. The number of aliphatic hydroxyl groups is 1. The Labute approximate surface area is 89.1 Å². The maximum atomic E-state index is 9.18. The van der Waals surface area contributed by atoms with Gasteiger partial charge in [-0.25, -0.2) is 0 Å². The van der Waals surface area contributed by atoms with Gasteiger partial charge in [0.1, 0.15) is 6.10 Å². The molecule has 15 heavy (non-hydrogen) atoms. The lowest BCUT2D eigenvalue weighted by Crippen LogP contribution is -2.32. The lowest BCUT2D eigenvalue weighted by molar-refractivity contribution is 0.0113. The smallest absolute Gasteiger partial charge is 0.101 e. The second-order valence-corrected chi connectivity index (χ2v) is 4.42. The molecule has 2 heterocycles. The molecule has 0 saturated carbocycles. The summed E-state index contributed by atoms with van der Waals surface area (Å²) in [6, 6.07) is 6.65. The molecule has 1 aromatic rings. The van der Waals surface area contributed by atoms with E-state index in [0.29, 0.717) is 0 Å². The minimum Gasteiger partial charge on any atom is -0.394 e. The number of aliphatic hydroxyl groups excluding tert-OH is 1. The molecule has 0 aromatic heterocycles. The fraction of sp³-hybridized carbons (Fsp3) is 0.500. The van der Waals surface area contributed by atoms with Crippen molar-refractivity contribution in [3.8, 4) is 0 Å². The summed E-state index contributed by atoms with van der Waals surface area (Å²) in [7, 11) is 0. The zero-order valence-corrected chi connectivity index (χ0v) is 8.73. The monoisotopic (exact) mass is 205 g/mol. The van der Waals surface area contributed by atoms with Crippen molar-refractivity contribution in [3.63, 3.8) is 0 Å². The van der Waals surface area contributed by atoms with Gasteiger partial charge in [-0.3, -0.25) is 0 Å². The molecule has 0 radical (unpaired) electrons. The highest BCUT2D eigenvalue weighted by molar-refractivity contribution is 5.57. The zero-order chi connectivity index (χ0) is 10.4. The van der Waals surface area contributed by atoms with E-state index in [1.165, 1.54) is 11.1 Å². The maximum absolute atomic E-state index is 9.18. The molecule has 1 fully saturated rings. The van der Waals surface area contributed by atoms with Gasteiger partial charge in [-0.05, 0) is 13.0 Å². The predicted octanol–water partition coefficient (Wildman–Crippen LogP) is 1.61. The van der Waals surface area contributed by atoms with Gasteiger partial charge in [0.25, 0.3) is 0 Å². The quantitative estimate of drug-likeness (QED) is 0.732. The molecule has 2 aliphatic heterocycles. The van der Waals surface area contributed by atoms with Crippen LogP contribution in [-0.2, 0) is 4.74 Å². The van der Waals surface area contributed by atoms with Crippen LogP contribution in [0.5, 0.6) is 0 Å². The van der Waals surface area contributed by atoms with Crippen LogP contribution >= 0.6 is 0 Å². The van der Waals surface area contributed by atoms with Gasteiger partial charge in [-0.2, -0.15) is 0 Å². The number of aryl methyl sites for hydroxylation is 1. The Morgan fingerprint density at radius 2 is 2.40 bits per heavy atom. The maximum Gasteiger partial charge on any atom is 0.101 e. The number of anilines is 1. The first-order chi connectivity index (χ1) is 7.28. The first-order valence-electron chi connectivity index (χ1n) is 5.41. The molecule has 2 bridgehead atoms. The third kappa shape index (κ3) is 1.34. The molecule has 1 saturated heterocycles.